The molecular weight excluding hydrogens is 300 g/mol. The van der Waals surface area contributed by atoms with Crippen LogP contribution in [0.15, 0.2) is 0 Å². The molecule has 0 aromatic heterocycles. The Morgan fingerprint density at radius 2 is 1.42 bits per heavy atom. The lowest BCUT2D eigenvalue weighted by atomic mass is 9.65. The molecule has 7 atom stereocenters. The van der Waals surface area contributed by atoms with Crippen molar-refractivity contribution >= 4 is 5.97 Å². The van der Waals surface area contributed by atoms with Crippen molar-refractivity contribution in [1.82, 2.24) is 4.90 Å². The molecule has 0 amide bonds. The van der Waals surface area contributed by atoms with Gasteiger partial charge in [-0.25, -0.2) is 0 Å². The average Bonchev–Trinajstić information content (AvgIpc) is 2.44. The Hall–Kier alpha value is -0.610. The molecular formula is C20H36N2O2. The van der Waals surface area contributed by atoms with E-state index in [9.17, 15) is 0 Å². The fourth-order valence-corrected chi connectivity index (χ4v) is 6.45. The second-order valence-electron chi connectivity index (χ2n) is 9.11. The number of carboxylic acid groups (broad SMARTS) is 1. The molecule has 3 N–H and O–H groups in total. The molecule has 0 aromatic carbocycles. The largest absolute Gasteiger partial charge is 0.481 e. The van der Waals surface area contributed by atoms with E-state index in [2.05, 4.69) is 11.8 Å². The average molecular weight is 337 g/mol. The standard InChI is InChI=1S/C18H32N2.C2H4O2/c1-12-5-13-7-14(6-12)9-18(8-13)20-16-3-2-4-17(20)11-15(19)10-16;1-2(3)4/h12-18H,2-11,19H2,1H3;1H3,(H,3,4)/t12?,13-,14+,15?,16-,17?,18?;/m1./s1. The van der Waals surface area contributed by atoms with Gasteiger partial charge in [-0.1, -0.05) is 13.3 Å². The molecule has 4 fully saturated rings. The number of rotatable bonds is 1. The van der Waals surface area contributed by atoms with Crippen LogP contribution in [0.25, 0.3) is 0 Å². The third-order valence-corrected chi connectivity index (χ3v) is 6.84. The summed E-state index contributed by atoms with van der Waals surface area (Å²) in [4.78, 5) is 12.0. The summed E-state index contributed by atoms with van der Waals surface area (Å²) >= 11 is 0. The Bertz CT molecular complexity index is 405. The summed E-state index contributed by atoms with van der Waals surface area (Å²) in [7, 11) is 0. The fourth-order valence-electron chi connectivity index (χ4n) is 6.45. The summed E-state index contributed by atoms with van der Waals surface area (Å²) in [5, 5.41) is 7.42. The predicted octanol–water partition coefficient (Wildman–Crippen LogP) is 3.64. The number of nitrogens with two attached hydrogens (primary N) is 1. The fraction of sp³-hybridized carbons (Fsp3) is 0.950. The van der Waals surface area contributed by atoms with E-state index in [1.807, 2.05) is 0 Å². The third kappa shape index (κ3) is 4.32. The number of piperidine rings is 2. The molecule has 4 aliphatic rings. The van der Waals surface area contributed by atoms with Crippen LogP contribution in [-0.4, -0.2) is 40.1 Å². The van der Waals surface area contributed by atoms with E-state index in [0.717, 1.165) is 42.8 Å². The zero-order chi connectivity index (χ0) is 17.3. The molecule has 4 nitrogen and oxygen atoms in total. The minimum Gasteiger partial charge on any atom is -0.481 e. The first kappa shape index (κ1) is 18.2. The molecule has 2 heterocycles. The minimum atomic E-state index is -0.833. The van der Waals surface area contributed by atoms with Crippen LogP contribution < -0.4 is 5.73 Å². The monoisotopic (exact) mass is 336 g/mol. The van der Waals surface area contributed by atoms with E-state index in [-0.39, 0.29) is 0 Å². The molecule has 2 aliphatic heterocycles. The molecule has 24 heavy (non-hydrogen) atoms. The first-order valence-corrected chi connectivity index (χ1v) is 10.1. The molecule has 2 aliphatic carbocycles. The number of hydrogen-bond donors (Lipinski definition) is 2. The maximum atomic E-state index is 9.00. The highest BCUT2D eigenvalue weighted by Crippen LogP contribution is 2.47. The molecule has 4 heteroatoms. The molecule has 0 aromatic rings. The Balaban J connectivity index is 0.000000383. The van der Waals surface area contributed by atoms with Crippen LogP contribution in [0.5, 0.6) is 0 Å². The van der Waals surface area contributed by atoms with Gasteiger partial charge in [0.2, 0.25) is 0 Å². The number of carboxylic acids is 1. The summed E-state index contributed by atoms with van der Waals surface area (Å²) in [5.41, 5.74) is 6.30. The normalized spacial score (nSPS) is 45.0. The number of fused-ring (bicyclic) bond motifs is 4. The quantitative estimate of drug-likeness (QED) is 0.767. The predicted molar refractivity (Wildman–Crippen MR) is 96.8 cm³/mol. The van der Waals surface area contributed by atoms with Gasteiger partial charge in [-0.3, -0.25) is 9.69 Å². The lowest BCUT2D eigenvalue weighted by molar-refractivity contribution is -0.134. The molecule has 4 unspecified atom stereocenters. The van der Waals surface area contributed by atoms with Crippen LogP contribution in [0.3, 0.4) is 0 Å². The van der Waals surface area contributed by atoms with Gasteiger partial charge in [-0.15, -0.1) is 0 Å². The number of carbonyl (C=O) groups is 1. The van der Waals surface area contributed by atoms with Crippen LogP contribution in [-0.2, 0) is 4.79 Å². The zero-order valence-corrected chi connectivity index (χ0v) is 15.5. The SMILES string of the molecule is CC(=O)O.CC1C[C@@H]2CC(N3C4CCC[C@@H]3CC(N)C4)C[C@H](C1)C2. The van der Waals surface area contributed by atoms with E-state index >= 15 is 0 Å². The first-order valence-electron chi connectivity index (χ1n) is 10.1. The van der Waals surface area contributed by atoms with Gasteiger partial charge in [0, 0.05) is 31.1 Å². The van der Waals surface area contributed by atoms with Gasteiger partial charge in [-0.05, 0) is 75.5 Å². The Morgan fingerprint density at radius 3 is 1.92 bits per heavy atom. The van der Waals surface area contributed by atoms with E-state index in [1.54, 1.807) is 6.42 Å². The van der Waals surface area contributed by atoms with E-state index < -0.39 is 5.97 Å². The molecule has 4 bridgehead atoms. The van der Waals surface area contributed by atoms with Crippen LogP contribution in [0, 0.1) is 17.8 Å². The molecule has 2 saturated heterocycles. The van der Waals surface area contributed by atoms with Crippen molar-refractivity contribution in [2.75, 3.05) is 0 Å². The van der Waals surface area contributed by atoms with Gasteiger partial charge in [0.05, 0.1) is 0 Å². The van der Waals surface area contributed by atoms with Crippen LogP contribution in [0.2, 0.25) is 0 Å². The summed E-state index contributed by atoms with van der Waals surface area (Å²) in [6.07, 6.45) is 14.4. The van der Waals surface area contributed by atoms with Crippen LogP contribution in [0.1, 0.15) is 78.1 Å². The maximum absolute atomic E-state index is 9.00. The number of hydrogen-bond acceptors (Lipinski definition) is 3. The highest BCUT2D eigenvalue weighted by atomic mass is 16.4. The van der Waals surface area contributed by atoms with Gasteiger partial charge in [0.15, 0.2) is 0 Å². The van der Waals surface area contributed by atoms with Gasteiger partial charge in [-0.2, -0.15) is 0 Å². The third-order valence-electron chi connectivity index (χ3n) is 6.84. The van der Waals surface area contributed by atoms with E-state index in [0.29, 0.717) is 6.04 Å². The Morgan fingerprint density at radius 1 is 0.917 bits per heavy atom. The number of nitrogens with zero attached hydrogens (tertiary/aromatic N) is 1. The van der Waals surface area contributed by atoms with Crippen molar-refractivity contribution in [2.24, 2.45) is 23.5 Å². The lowest BCUT2D eigenvalue weighted by Crippen LogP contribution is -2.60. The Kier molecular flexibility index (Phi) is 5.86. The molecule has 138 valence electrons. The second-order valence-corrected chi connectivity index (χ2v) is 9.11. The maximum Gasteiger partial charge on any atom is 0.300 e. The van der Waals surface area contributed by atoms with E-state index in [1.165, 1.54) is 57.8 Å². The highest BCUT2D eigenvalue weighted by Gasteiger charge is 2.44. The molecule has 4 rings (SSSR count). The summed E-state index contributed by atoms with van der Waals surface area (Å²) in [6, 6.07) is 3.07. The lowest BCUT2D eigenvalue weighted by Gasteiger charge is -2.55. The molecule has 0 radical (unpaired) electrons. The van der Waals surface area contributed by atoms with Crippen molar-refractivity contribution < 1.29 is 9.90 Å². The van der Waals surface area contributed by atoms with Crippen LogP contribution >= 0.6 is 0 Å². The van der Waals surface area contributed by atoms with Gasteiger partial charge in [0.25, 0.3) is 5.97 Å². The van der Waals surface area contributed by atoms with Crippen molar-refractivity contribution in [3.63, 3.8) is 0 Å². The van der Waals surface area contributed by atoms with Gasteiger partial charge >= 0.3 is 0 Å². The van der Waals surface area contributed by atoms with Gasteiger partial charge < -0.3 is 10.8 Å². The second kappa shape index (κ2) is 7.74. The van der Waals surface area contributed by atoms with Crippen molar-refractivity contribution in [3.05, 3.63) is 0 Å². The highest BCUT2D eigenvalue weighted by molar-refractivity contribution is 5.62. The van der Waals surface area contributed by atoms with Crippen LogP contribution in [0.4, 0.5) is 0 Å². The Labute approximate surface area is 147 Å². The molecule has 2 saturated carbocycles. The zero-order valence-electron chi connectivity index (χ0n) is 15.5. The van der Waals surface area contributed by atoms with Crippen molar-refractivity contribution in [2.45, 2.75) is 102 Å². The summed E-state index contributed by atoms with van der Waals surface area (Å²) in [6.45, 7) is 3.56. The van der Waals surface area contributed by atoms with Gasteiger partial charge in [0.1, 0.15) is 0 Å². The smallest absolute Gasteiger partial charge is 0.300 e. The van der Waals surface area contributed by atoms with Crippen molar-refractivity contribution in [3.8, 4) is 0 Å². The molecule has 0 spiro atoms. The minimum absolute atomic E-state index is 0.490. The first-order chi connectivity index (χ1) is 11.4. The van der Waals surface area contributed by atoms with Crippen molar-refractivity contribution in [1.29, 1.82) is 0 Å². The van der Waals surface area contributed by atoms with E-state index in [4.69, 9.17) is 15.6 Å². The topological polar surface area (TPSA) is 66.6 Å². The summed E-state index contributed by atoms with van der Waals surface area (Å²) < 4.78 is 0. The number of aliphatic carboxylic acids is 1. The summed E-state index contributed by atoms with van der Waals surface area (Å²) in [5.74, 6) is 2.24.